The molecule has 0 aromatic heterocycles. The van der Waals surface area contributed by atoms with Crippen LogP contribution in [0.5, 0.6) is 0 Å². The molecule has 3 radical (unpaired) electrons. The zero-order valence-electron chi connectivity index (χ0n) is 6.41. The molecule has 2 N–H and O–H groups in total. The first kappa shape index (κ1) is 8.99. The van der Waals surface area contributed by atoms with Crippen molar-refractivity contribution in [2.75, 3.05) is 13.1 Å². The number of nitrogens with zero attached hydrogens (tertiary/aromatic N) is 1. The Morgan fingerprint density at radius 3 is 3.00 bits per heavy atom. The normalized spacial score (nSPS) is 25.1. The SMILES string of the molecule is [C]N1CCNC(=O)C1CC(=O)O. The third-order valence-corrected chi connectivity index (χ3v) is 1.70. The minimum atomic E-state index is -1.06. The maximum atomic E-state index is 11.0. The summed E-state index contributed by atoms with van der Waals surface area (Å²) in [5.74, 6) is -1.44. The van der Waals surface area contributed by atoms with Crippen LogP contribution >= 0.6 is 0 Å². The molecule has 0 aromatic carbocycles. The van der Waals surface area contributed by atoms with Crippen LogP contribution in [-0.4, -0.2) is 41.0 Å². The minimum absolute atomic E-state index is 0.310. The van der Waals surface area contributed by atoms with Gasteiger partial charge < -0.3 is 10.4 Å². The van der Waals surface area contributed by atoms with Gasteiger partial charge in [-0.15, -0.1) is 0 Å². The lowest BCUT2D eigenvalue weighted by molar-refractivity contribution is -0.142. The Kier molecular flexibility index (Phi) is 2.65. The van der Waals surface area contributed by atoms with E-state index in [-0.39, 0.29) is 12.3 Å². The fourth-order valence-corrected chi connectivity index (χ4v) is 1.08. The molecule has 0 aromatic rings. The highest BCUT2D eigenvalue weighted by Crippen LogP contribution is 2.06. The molecular formula is C7H9N2O3. The van der Waals surface area contributed by atoms with E-state index in [1.54, 1.807) is 0 Å². The highest BCUT2D eigenvalue weighted by atomic mass is 16.4. The Bertz CT molecular complexity index is 205. The van der Waals surface area contributed by atoms with Crippen LogP contribution in [0.1, 0.15) is 6.42 Å². The fraction of sp³-hybridized carbons (Fsp3) is 0.571. The summed E-state index contributed by atoms with van der Waals surface area (Å²) in [4.78, 5) is 22.3. The summed E-state index contributed by atoms with van der Waals surface area (Å²) in [7, 11) is 7.26. The lowest BCUT2D eigenvalue weighted by atomic mass is 10.1. The summed E-state index contributed by atoms with van der Waals surface area (Å²) in [5.41, 5.74) is 0. The summed E-state index contributed by atoms with van der Waals surface area (Å²) < 4.78 is 0. The Hall–Kier alpha value is -1.10. The molecule has 1 heterocycles. The van der Waals surface area contributed by atoms with Crippen molar-refractivity contribution in [2.45, 2.75) is 12.5 Å². The van der Waals surface area contributed by atoms with Gasteiger partial charge in [-0.2, -0.15) is 0 Å². The monoisotopic (exact) mass is 169 g/mol. The number of carboxylic acids is 1. The third-order valence-electron chi connectivity index (χ3n) is 1.70. The Labute approximate surface area is 70.4 Å². The van der Waals surface area contributed by atoms with Gasteiger partial charge in [0.2, 0.25) is 5.91 Å². The smallest absolute Gasteiger partial charge is 0.305 e. The predicted molar refractivity (Wildman–Crippen MR) is 39.0 cm³/mol. The van der Waals surface area contributed by atoms with Crippen LogP contribution in [0.4, 0.5) is 0 Å². The van der Waals surface area contributed by atoms with E-state index < -0.39 is 12.0 Å². The highest BCUT2D eigenvalue weighted by molar-refractivity contribution is 5.86. The Balaban J connectivity index is 2.57. The lowest BCUT2D eigenvalue weighted by Gasteiger charge is -2.29. The number of hydrogen-bond donors (Lipinski definition) is 2. The summed E-state index contributed by atoms with van der Waals surface area (Å²) >= 11 is 0. The predicted octanol–water partition coefficient (Wildman–Crippen LogP) is -1.19. The van der Waals surface area contributed by atoms with Gasteiger partial charge in [0.1, 0.15) is 6.04 Å². The maximum Gasteiger partial charge on any atom is 0.305 e. The molecule has 1 unspecified atom stereocenters. The third kappa shape index (κ3) is 1.94. The molecule has 1 fully saturated rings. The number of aliphatic carboxylic acids is 1. The standard InChI is InChI=1S/C7H9N2O3/c1-9-3-2-8-7(12)5(9)4-6(10)11/h5H,2-4H2,(H,8,12)(H,10,11). The number of piperazine rings is 1. The van der Waals surface area contributed by atoms with Gasteiger partial charge in [0.05, 0.1) is 13.5 Å². The molecule has 1 saturated heterocycles. The molecule has 1 rings (SSSR count). The molecule has 0 bridgehead atoms. The van der Waals surface area contributed by atoms with Crippen molar-refractivity contribution in [1.82, 2.24) is 10.2 Å². The second-order valence-electron chi connectivity index (χ2n) is 2.60. The van der Waals surface area contributed by atoms with Crippen molar-refractivity contribution in [3.63, 3.8) is 0 Å². The van der Waals surface area contributed by atoms with Crippen molar-refractivity contribution < 1.29 is 14.7 Å². The summed E-state index contributed by atoms with van der Waals surface area (Å²) in [6.07, 6.45) is -0.310. The van der Waals surface area contributed by atoms with Crippen LogP contribution in [0.25, 0.3) is 0 Å². The highest BCUT2D eigenvalue weighted by Gasteiger charge is 2.29. The van der Waals surface area contributed by atoms with Gasteiger partial charge in [0, 0.05) is 13.1 Å². The molecule has 5 heteroatoms. The van der Waals surface area contributed by atoms with Crippen LogP contribution in [0, 0.1) is 7.05 Å². The molecule has 1 atom stereocenters. The van der Waals surface area contributed by atoms with Crippen LogP contribution in [0.3, 0.4) is 0 Å². The van der Waals surface area contributed by atoms with Gasteiger partial charge in [-0.05, 0) is 0 Å². The largest absolute Gasteiger partial charge is 0.481 e. The molecule has 65 valence electrons. The van der Waals surface area contributed by atoms with E-state index in [2.05, 4.69) is 5.32 Å². The Morgan fingerprint density at radius 2 is 2.50 bits per heavy atom. The first-order valence-electron chi connectivity index (χ1n) is 3.58. The van der Waals surface area contributed by atoms with Gasteiger partial charge in [0.15, 0.2) is 0 Å². The number of carboxylic acid groups (broad SMARTS) is 1. The average molecular weight is 169 g/mol. The molecule has 1 aliphatic rings. The Morgan fingerprint density at radius 1 is 1.83 bits per heavy atom. The lowest BCUT2D eigenvalue weighted by Crippen LogP contribution is -2.53. The molecule has 12 heavy (non-hydrogen) atoms. The number of carbonyl (C=O) groups excluding carboxylic acids is 1. The molecule has 5 nitrogen and oxygen atoms in total. The van der Waals surface area contributed by atoms with E-state index in [1.807, 2.05) is 0 Å². The first-order valence-corrected chi connectivity index (χ1v) is 3.58. The van der Waals surface area contributed by atoms with E-state index in [1.165, 1.54) is 0 Å². The number of hydrogen-bond acceptors (Lipinski definition) is 3. The van der Waals surface area contributed by atoms with Crippen LogP contribution in [-0.2, 0) is 9.59 Å². The topological polar surface area (TPSA) is 69.6 Å². The van der Waals surface area contributed by atoms with Crippen molar-refractivity contribution >= 4 is 11.9 Å². The molecular weight excluding hydrogens is 160 g/mol. The first-order chi connectivity index (χ1) is 5.61. The molecule has 1 aliphatic heterocycles. The molecule has 1 amide bonds. The fourth-order valence-electron chi connectivity index (χ4n) is 1.08. The zero-order chi connectivity index (χ0) is 9.14. The van der Waals surface area contributed by atoms with Crippen LogP contribution in [0.2, 0.25) is 0 Å². The van der Waals surface area contributed by atoms with Gasteiger partial charge >= 0.3 is 5.97 Å². The number of amides is 1. The summed E-state index contributed by atoms with van der Waals surface area (Å²) in [6, 6.07) is -0.837. The number of rotatable bonds is 2. The van der Waals surface area contributed by atoms with Crippen molar-refractivity contribution in [2.24, 2.45) is 0 Å². The van der Waals surface area contributed by atoms with Gasteiger partial charge in [-0.1, -0.05) is 0 Å². The molecule has 0 saturated carbocycles. The van der Waals surface area contributed by atoms with Gasteiger partial charge in [-0.3, -0.25) is 14.5 Å². The zero-order valence-corrected chi connectivity index (χ0v) is 6.41. The van der Waals surface area contributed by atoms with Crippen molar-refractivity contribution in [3.8, 4) is 0 Å². The van der Waals surface area contributed by atoms with Crippen molar-refractivity contribution in [1.29, 1.82) is 0 Å². The summed E-state index contributed by atoms with van der Waals surface area (Å²) in [6.45, 7) is 0.794. The quantitative estimate of drug-likeness (QED) is 0.545. The average Bonchev–Trinajstić information content (AvgIpc) is 1.97. The van der Waals surface area contributed by atoms with Crippen molar-refractivity contribution in [3.05, 3.63) is 7.05 Å². The number of carbonyl (C=O) groups is 2. The van der Waals surface area contributed by atoms with Crippen LogP contribution in [0.15, 0.2) is 0 Å². The molecule has 0 aliphatic carbocycles. The van der Waals surface area contributed by atoms with E-state index in [4.69, 9.17) is 12.2 Å². The van der Waals surface area contributed by atoms with Gasteiger partial charge in [-0.25, -0.2) is 0 Å². The maximum absolute atomic E-state index is 11.0. The second kappa shape index (κ2) is 3.53. The van der Waals surface area contributed by atoms with E-state index in [0.29, 0.717) is 13.1 Å². The van der Waals surface area contributed by atoms with E-state index in [9.17, 15) is 9.59 Å². The van der Waals surface area contributed by atoms with E-state index in [0.717, 1.165) is 4.90 Å². The summed E-state index contributed by atoms with van der Waals surface area (Å²) in [5, 5.41) is 10.9. The molecule has 0 spiro atoms. The number of nitrogens with one attached hydrogen (secondary N) is 1. The minimum Gasteiger partial charge on any atom is -0.481 e. The van der Waals surface area contributed by atoms with Crippen LogP contribution < -0.4 is 5.32 Å². The van der Waals surface area contributed by atoms with Gasteiger partial charge in [0.25, 0.3) is 0 Å². The second-order valence-corrected chi connectivity index (χ2v) is 2.60. The van der Waals surface area contributed by atoms with E-state index >= 15 is 0 Å².